The lowest BCUT2D eigenvalue weighted by Crippen LogP contribution is -2.52. The number of carbonyl (C=O) groups is 2. The van der Waals surface area contributed by atoms with Gasteiger partial charge in [0, 0.05) is 63.1 Å². The molecule has 2 aromatic heterocycles. The van der Waals surface area contributed by atoms with Gasteiger partial charge in [-0.25, -0.2) is 14.8 Å². The zero-order chi connectivity index (χ0) is 29.1. The van der Waals surface area contributed by atoms with E-state index in [0.29, 0.717) is 37.2 Å². The molecule has 3 heterocycles. The fourth-order valence-electron chi connectivity index (χ4n) is 4.90. The van der Waals surface area contributed by atoms with Gasteiger partial charge in [0.15, 0.2) is 0 Å². The van der Waals surface area contributed by atoms with Gasteiger partial charge in [0.25, 0.3) is 5.91 Å². The maximum atomic E-state index is 13.3. The van der Waals surface area contributed by atoms with Crippen molar-refractivity contribution in [2.75, 3.05) is 32.7 Å². The lowest BCUT2D eigenvalue weighted by Gasteiger charge is -2.41. The lowest BCUT2D eigenvalue weighted by molar-refractivity contribution is 0.0926. The van der Waals surface area contributed by atoms with Gasteiger partial charge in [-0.3, -0.25) is 4.79 Å². The average molecular weight is 609 g/mol. The molecule has 1 saturated heterocycles. The number of aromatic amines is 1. The zero-order valence-corrected chi connectivity index (χ0v) is 25.7. The Morgan fingerprint density at radius 2 is 2.02 bits per heavy atom. The Labute approximate surface area is 252 Å². The van der Waals surface area contributed by atoms with Crippen molar-refractivity contribution < 1.29 is 9.59 Å². The SMILES string of the molecule is C/C=C(\C=C/S)CN(C(=O)NCCc1cnc[nH]1)C1CCN([C@H](C)CCNC(=O)c2c(C)cc(Cl)nc2Cl)CC1. The Morgan fingerprint density at radius 1 is 1.27 bits per heavy atom. The molecular formula is C28H39Cl2N7O2S. The first-order valence-electron chi connectivity index (χ1n) is 13.6. The molecule has 0 spiro atoms. The maximum Gasteiger partial charge on any atom is 0.317 e. The van der Waals surface area contributed by atoms with Crippen molar-refractivity contribution >= 4 is 47.8 Å². The number of allylic oxidation sites excluding steroid dienone is 1. The van der Waals surface area contributed by atoms with Gasteiger partial charge in [-0.15, -0.1) is 0 Å². The summed E-state index contributed by atoms with van der Waals surface area (Å²) >= 11 is 16.3. The number of halogens is 2. The molecule has 218 valence electrons. The number of nitrogens with zero attached hydrogens (tertiary/aromatic N) is 4. The third-order valence-corrected chi connectivity index (χ3v) is 7.89. The van der Waals surface area contributed by atoms with Crippen LogP contribution >= 0.6 is 35.8 Å². The molecule has 0 bridgehead atoms. The number of piperidine rings is 1. The molecule has 0 aromatic carbocycles. The van der Waals surface area contributed by atoms with Gasteiger partial charge in [0.1, 0.15) is 10.3 Å². The van der Waals surface area contributed by atoms with Crippen LogP contribution in [0.25, 0.3) is 0 Å². The number of carbonyl (C=O) groups excluding carboxylic acids is 2. The second kappa shape index (κ2) is 16.0. The number of nitrogens with one attached hydrogen (secondary N) is 3. The predicted molar refractivity (Wildman–Crippen MR) is 164 cm³/mol. The summed E-state index contributed by atoms with van der Waals surface area (Å²) in [5.74, 6) is -0.248. The van der Waals surface area contributed by atoms with Crippen molar-refractivity contribution in [2.24, 2.45) is 0 Å². The minimum atomic E-state index is -0.248. The average Bonchev–Trinajstić information content (AvgIpc) is 3.44. The number of likely N-dealkylation sites (tertiary alicyclic amines) is 1. The van der Waals surface area contributed by atoms with E-state index in [-0.39, 0.29) is 34.3 Å². The van der Waals surface area contributed by atoms with Gasteiger partial charge in [-0.1, -0.05) is 35.4 Å². The van der Waals surface area contributed by atoms with Crippen molar-refractivity contribution in [2.45, 2.75) is 58.5 Å². The second-order valence-electron chi connectivity index (χ2n) is 9.95. The molecule has 2 aromatic rings. The molecule has 1 fully saturated rings. The molecule has 1 aliphatic rings. The Morgan fingerprint density at radius 3 is 2.65 bits per heavy atom. The highest BCUT2D eigenvalue weighted by atomic mass is 35.5. The summed E-state index contributed by atoms with van der Waals surface area (Å²) < 4.78 is 0. The number of urea groups is 1. The highest BCUT2D eigenvalue weighted by Gasteiger charge is 2.30. The molecule has 9 nitrogen and oxygen atoms in total. The summed E-state index contributed by atoms with van der Waals surface area (Å²) in [6, 6.07) is 1.97. The predicted octanol–water partition coefficient (Wildman–Crippen LogP) is 5.04. The van der Waals surface area contributed by atoms with E-state index < -0.39 is 0 Å². The maximum absolute atomic E-state index is 13.3. The molecule has 0 aliphatic carbocycles. The van der Waals surface area contributed by atoms with Crippen LogP contribution in [0.5, 0.6) is 0 Å². The van der Waals surface area contributed by atoms with E-state index in [4.69, 9.17) is 23.2 Å². The first-order chi connectivity index (χ1) is 19.2. The van der Waals surface area contributed by atoms with Crippen LogP contribution in [0.15, 0.2) is 41.7 Å². The number of pyridine rings is 1. The zero-order valence-electron chi connectivity index (χ0n) is 23.3. The van der Waals surface area contributed by atoms with Crippen LogP contribution in [-0.4, -0.2) is 81.5 Å². The Balaban J connectivity index is 1.51. The number of aromatic nitrogens is 3. The van der Waals surface area contributed by atoms with E-state index in [9.17, 15) is 9.59 Å². The van der Waals surface area contributed by atoms with Crippen LogP contribution in [0.2, 0.25) is 10.3 Å². The monoisotopic (exact) mass is 607 g/mol. The molecule has 12 heteroatoms. The van der Waals surface area contributed by atoms with Gasteiger partial charge >= 0.3 is 6.03 Å². The van der Waals surface area contributed by atoms with Crippen LogP contribution in [0.4, 0.5) is 4.79 Å². The first-order valence-corrected chi connectivity index (χ1v) is 14.8. The van der Waals surface area contributed by atoms with Crippen LogP contribution in [0.3, 0.4) is 0 Å². The summed E-state index contributed by atoms with van der Waals surface area (Å²) in [6.07, 6.45) is 10.6. The van der Waals surface area contributed by atoms with Gasteiger partial charge in [0.2, 0.25) is 0 Å². The van der Waals surface area contributed by atoms with Crippen LogP contribution < -0.4 is 10.6 Å². The van der Waals surface area contributed by atoms with Crippen LogP contribution in [0, 0.1) is 6.92 Å². The van der Waals surface area contributed by atoms with E-state index in [1.54, 1.807) is 30.9 Å². The number of imidazole rings is 1. The van der Waals surface area contributed by atoms with Gasteiger partial charge < -0.3 is 25.4 Å². The summed E-state index contributed by atoms with van der Waals surface area (Å²) in [7, 11) is 0. The molecule has 40 heavy (non-hydrogen) atoms. The standard InChI is InChI=1S/C28H39Cl2N7O2S/c1-4-21(9-14-40)17-37(28(39)33-11-6-22-16-31-18-34-22)23-7-12-36(13-8-23)20(3)5-10-32-27(38)25-19(2)15-24(29)35-26(25)30/h4,9,14-16,18,20,23,40H,5-8,10-13,17H2,1-3H3,(H,31,34)(H,32,38)(H,33,39)/b14-9-,21-4+/t20-/m1/s1. The third kappa shape index (κ3) is 9.26. The molecule has 1 aliphatic heterocycles. The third-order valence-electron chi connectivity index (χ3n) is 7.28. The molecule has 1 atom stereocenters. The van der Waals surface area contributed by atoms with Crippen molar-refractivity contribution in [3.63, 3.8) is 0 Å². The summed E-state index contributed by atoms with van der Waals surface area (Å²) in [4.78, 5) is 41.4. The topological polar surface area (TPSA) is 106 Å². The fraction of sp³-hybridized carbons (Fsp3) is 0.500. The molecule has 3 amide bonds. The number of thiol groups is 1. The summed E-state index contributed by atoms with van der Waals surface area (Å²) in [5.41, 5.74) is 3.08. The Hall–Kier alpha value is -2.53. The lowest BCUT2D eigenvalue weighted by atomic mass is 10.00. The number of rotatable bonds is 12. The first kappa shape index (κ1) is 32.0. The summed E-state index contributed by atoms with van der Waals surface area (Å²) in [5, 5.41) is 8.12. The minimum Gasteiger partial charge on any atom is -0.352 e. The molecule has 3 N–H and O–H groups in total. The summed E-state index contributed by atoms with van der Waals surface area (Å²) in [6.45, 7) is 9.25. The molecular weight excluding hydrogens is 569 g/mol. The smallest absolute Gasteiger partial charge is 0.317 e. The van der Waals surface area contributed by atoms with Crippen molar-refractivity contribution in [1.82, 2.24) is 35.4 Å². The number of H-pyrrole nitrogens is 1. The van der Waals surface area contributed by atoms with E-state index >= 15 is 0 Å². The van der Waals surface area contributed by atoms with Crippen molar-refractivity contribution in [3.8, 4) is 0 Å². The Kier molecular flexibility index (Phi) is 12.8. The van der Waals surface area contributed by atoms with Gasteiger partial charge in [-0.05, 0) is 62.6 Å². The number of hydrogen-bond donors (Lipinski definition) is 4. The van der Waals surface area contributed by atoms with E-state index in [1.165, 1.54) is 0 Å². The van der Waals surface area contributed by atoms with Crippen molar-refractivity contribution in [1.29, 1.82) is 0 Å². The fourth-order valence-corrected chi connectivity index (χ4v) is 5.71. The van der Waals surface area contributed by atoms with E-state index in [1.807, 2.05) is 24.0 Å². The normalized spacial score (nSPS) is 15.8. The Bertz CT molecular complexity index is 1160. The van der Waals surface area contributed by atoms with Gasteiger partial charge in [0.05, 0.1) is 11.9 Å². The molecule has 0 radical (unpaired) electrons. The number of aryl methyl sites for hydroxylation is 1. The largest absolute Gasteiger partial charge is 0.352 e. The molecule has 0 saturated carbocycles. The highest BCUT2D eigenvalue weighted by molar-refractivity contribution is 7.83. The second-order valence-corrected chi connectivity index (χ2v) is 11.0. The minimum absolute atomic E-state index is 0.0636. The van der Waals surface area contributed by atoms with E-state index in [2.05, 4.69) is 50.0 Å². The van der Waals surface area contributed by atoms with Crippen molar-refractivity contribution in [3.05, 3.63) is 68.9 Å². The van der Waals surface area contributed by atoms with Gasteiger partial charge in [-0.2, -0.15) is 12.6 Å². The molecule has 3 rings (SSSR count). The number of hydrogen-bond acceptors (Lipinski definition) is 6. The van der Waals surface area contributed by atoms with E-state index in [0.717, 1.165) is 43.6 Å². The van der Waals surface area contributed by atoms with Crippen LogP contribution in [0.1, 0.15) is 54.7 Å². The molecule has 0 unspecified atom stereocenters. The highest BCUT2D eigenvalue weighted by Crippen LogP contribution is 2.23. The number of amides is 3. The quantitative estimate of drug-likeness (QED) is 0.154. The van der Waals surface area contributed by atoms with Crippen LogP contribution in [-0.2, 0) is 6.42 Å².